The van der Waals surface area contributed by atoms with E-state index in [0.29, 0.717) is 24.5 Å². The standard InChI is InChI=1S/C29H24FN3O/c1-18(15-31)27-22-9-7-19(13-20(22)17-34-26-14-21(30)8-10-23(26)27)16-33-25-6-4-3-5-24(25)32-28(33)29(2)11-12-29/h3-10,13-14H,11-12,16-17H2,1-2H3/b27-18-. The van der Waals surface area contributed by atoms with E-state index in [9.17, 15) is 9.65 Å². The predicted octanol–water partition coefficient (Wildman–Crippen LogP) is 6.51. The molecule has 0 spiro atoms. The Balaban J connectivity index is 1.46. The quantitative estimate of drug-likeness (QED) is 0.335. The number of ether oxygens (including phenoxy) is 1. The highest BCUT2D eigenvalue weighted by molar-refractivity contribution is 5.88. The summed E-state index contributed by atoms with van der Waals surface area (Å²) in [7, 11) is 0. The second-order valence-electron chi connectivity index (χ2n) is 9.60. The van der Waals surface area contributed by atoms with Gasteiger partial charge in [-0.3, -0.25) is 0 Å². The topological polar surface area (TPSA) is 50.8 Å². The van der Waals surface area contributed by atoms with E-state index in [2.05, 4.69) is 54.0 Å². The summed E-state index contributed by atoms with van der Waals surface area (Å²) in [5, 5.41) is 9.69. The van der Waals surface area contributed by atoms with Gasteiger partial charge in [0.1, 0.15) is 24.0 Å². The lowest BCUT2D eigenvalue weighted by Gasteiger charge is -2.16. The van der Waals surface area contributed by atoms with Crippen LogP contribution in [0.3, 0.4) is 0 Å². The number of para-hydroxylation sites is 2. The number of imidazole rings is 1. The number of rotatable bonds is 3. The molecule has 6 rings (SSSR count). The molecule has 1 saturated carbocycles. The van der Waals surface area contributed by atoms with Crippen LogP contribution in [0.2, 0.25) is 0 Å². The summed E-state index contributed by atoms with van der Waals surface area (Å²) < 4.78 is 22.3. The molecule has 4 nitrogen and oxygen atoms in total. The van der Waals surface area contributed by atoms with Gasteiger partial charge in [0.05, 0.1) is 17.1 Å². The fraction of sp³-hybridized carbons (Fsp3) is 0.241. The van der Waals surface area contributed by atoms with Gasteiger partial charge < -0.3 is 9.30 Å². The van der Waals surface area contributed by atoms with Gasteiger partial charge in [0, 0.05) is 34.7 Å². The molecule has 0 N–H and O–H groups in total. The number of nitrogens with zero attached hydrogens (tertiary/aromatic N) is 3. The Hall–Kier alpha value is -3.91. The van der Waals surface area contributed by atoms with E-state index in [-0.39, 0.29) is 11.2 Å². The van der Waals surface area contributed by atoms with E-state index in [1.165, 1.54) is 12.1 Å². The number of hydrogen-bond donors (Lipinski definition) is 0. The third-order valence-electron chi connectivity index (χ3n) is 7.11. The van der Waals surface area contributed by atoms with E-state index in [4.69, 9.17) is 9.72 Å². The molecule has 34 heavy (non-hydrogen) atoms. The van der Waals surface area contributed by atoms with Crippen LogP contribution in [-0.4, -0.2) is 9.55 Å². The average Bonchev–Trinajstić information content (AvgIpc) is 3.52. The van der Waals surface area contributed by atoms with Crippen molar-refractivity contribution in [3.05, 3.63) is 100 Å². The summed E-state index contributed by atoms with van der Waals surface area (Å²) in [5.74, 6) is 1.25. The van der Waals surface area contributed by atoms with Gasteiger partial charge in [-0.1, -0.05) is 31.2 Å². The zero-order chi connectivity index (χ0) is 23.4. The van der Waals surface area contributed by atoms with Gasteiger partial charge in [-0.2, -0.15) is 5.26 Å². The summed E-state index contributed by atoms with van der Waals surface area (Å²) in [5.41, 5.74) is 7.52. The van der Waals surface area contributed by atoms with Crippen molar-refractivity contribution in [3.8, 4) is 11.8 Å². The van der Waals surface area contributed by atoms with Crippen molar-refractivity contribution in [1.82, 2.24) is 9.55 Å². The van der Waals surface area contributed by atoms with E-state index in [0.717, 1.165) is 57.5 Å². The Kier molecular flexibility index (Phi) is 4.60. The Bertz CT molecular complexity index is 1540. The lowest BCUT2D eigenvalue weighted by atomic mass is 9.90. The third kappa shape index (κ3) is 3.30. The maximum absolute atomic E-state index is 13.9. The largest absolute Gasteiger partial charge is 0.488 e. The minimum atomic E-state index is -0.354. The van der Waals surface area contributed by atoms with Crippen LogP contribution >= 0.6 is 0 Å². The first-order valence-electron chi connectivity index (χ1n) is 11.6. The second-order valence-corrected chi connectivity index (χ2v) is 9.60. The van der Waals surface area contributed by atoms with Crippen molar-refractivity contribution in [2.24, 2.45) is 0 Å². The first-order valence-corrected chi connectivity index (χ1v) is 11.6. The smallest absolute Gasteiger partial charge is 0.130 e. The maximum atomic E-state index is 13.9. The molecule has 1 aliphatic heterocycles. The van der Waals surface area contributed by atoms with E-state index in [1.54, 1.807) is 13.0 Å². The summed E-state index contributed by atoms with van der Waals surface area (Å²) in [6.07, 6.45) is 2.31. The molecule has 1 fully saturated rings. The molecule has 2 heterocycles. The molecule has 0 radical (unpaired) electrons. The minimum Gasteiger partial charge on any atom is -0.488 e. The SMILES string of the molecule is C/C(C#N)=C1\c2ccc(Cn3c(C4(C)CC4)nc4ccccc43)cc2COc2cc(F)ccc21. The molecular formula is C29H24FN3O. The number of aromatic nitrogens is 2. The highest BCUT2D eigenvalue weighted by Gasteiger charge is 2.43. The van der Waals surface area contributed by atoms with Crippen molar-refractivity contribution >= 4 is 16.6 Å². The minimum absolute atomic E-state index is 0.138. The van der Waals surface area contributed by atoms with Gasteiger partial charge in [-0.25, -0.2) is 9.37 Å². The van der Waals surface area contributed by atoms with Gasteiger partial charge in [0.25, 0.3) is 0 Å². The lowest BCUT2D eigenvalue weighted by Crippen LogP contribution is -2.13. The number of halogens is 1. The van der Waals surface area contributed by atoms with Crippen molar-refractivity contribution < 1.29 is 9.13 Å². The fourth-order valence-corrected chi connectivity index (χ4v) is 4.98. The molecule has 3 aromatic carbocycles. The molecule has 168 valence electrons. The first kappa shape index (κ1) is 20.7. The van der Waals surface area contributed by atoms with Crippen LogP contribution in [0.4, 0.5) is 4.39 Å². The van der Waals surface area contributed by atoms with Crippen LogP contribution in [-0.2, 0) is 18.6 Å². The van der Waals surface area contributed by atoms with Crippen molar-refractivity contribution in [1.29, 1.82) is 5.26 Å². The summed E-state index contributed by atoms with van der Waals surface area (Å²) in [4.78, 5) is 4.99. The summed E-state index contributed by atoms with van der Waals surface area (Å²) in [6.45, 7) is 5.10. The van der Waals surface area contributed by atoms with Gasteiger partial charge in [0.15, 0.2) is 0 Å². The van der Waals surface area contributed by atoms with Gasteiger partial charge in [0.2, 0.25) is 0 Å². The maximum Gasteiger partial charge on any atom is 0.130 e. The highest BCUT2D eigenvalue weighted by atomic mass is 19.1. The third-order valence-corrected chi connectivity index (χ3v) is 7.11. The molecule has 0 saturated heterocycles. The number of nitriles is 1. The number of fused-ring (bicyclic) bond motifs is 3. The van der Waals surface area contributed by atoms with Gasteiger partial charge in [-0.15, -0.1) is 0 Å². The Morgan fingerprint density at radius 2 is 1.91 bits per heavy atom. The molecule has 4 aromatic rings. The first-order chi connectivity index (χ1) is 16.5. The molecular weight excluding hydrogens is 425 g/mol. The van der Waals surface area contributed by atoms with Crippen molar-refractivity contribution in [2.75, 3.05) is 0 Å². The molecule has 2 aliphatic rings. The number of allylic oxidation sites excluding steroid dienone is 1. The summed E-state index contributed by atoms with van der Waals surface area (Å²) in [6, 6.07) is 21.4. The number of benzene rings is 3. The Labute approximate surface area is 197 Å². The van der Waals surface area contributed by atoms with Crippen LogP contribution in [0.25, 0.3) is 16.6 Å². The Morgan fingerprint density at radius 1 is 1.12 bits per heavy atom. The lowest BCUT2D eigenvalue weighted by molar-refractivity contribution is 0.305. The molecule has 1 aliphatic carbocycles. The molecule has 5 heteroatoms. The van der Waals surface area contributed by atoms with Crippen LogP contribution in [0.5, 0.6) is 5.75 Å². The molecule has 1 aromatic heterocycles. The highest BCUT2D eigenvalue weighted by Crippen LogP contribution is 2.48. The van der Waals surface area contributed by atoms with Crippen LogP contribution < -0.4 is 4.74 Å². The molecule has 0 bridgehead atoms. The van der Waals surface area contributed by atoms with Crippen LogP contribution in [0.15, 0.2) is 66.2 Å². The van der Waals surface area contributed by atoms with Crippen LogP contribution in [0.1, 0.15) is 54.8 Å². The zero-order valence-electron chi connectivity index (χ0n) is 19.2. The van der Waals surface area contributed by atoms with E-state index < -0.39 is 0 Å². The van der Waals surface area contributed by atoms with Crippen molar-refractivity contribution in [3.63, 3.8) is 0 Å². The molecule has 0 amide bonds. The molecule has 0 unspecified atom stereocenters. The van der Waals surface area contributed by atoms with Gasteiger partial charge in [-0.05, 0) is 66.8 Å². The Morgan fingerprint density at radius 3 is 2.71 bits per heavy atom. The van der Waals surface area contributed by atoms with E-state index >= 15 is 0 Å². The zero-order valence-corrected chi connectivity index (χ0v) is 19.2. The number of hydrogen-bond acceptors (Lipinski definition) is 3. The van der Waals surface area contributed by atoms with Crippen molar-refractivity contribution in [2.45, 2.75) is 45.3 Å². The van der Waals surface area contributed by atoms with E-state index in [1.807, 2.05) is 6.07 Å². The molecule has 0 atom stereocenters. The second kappa shape index (κ2) is 7.56. The normalized spacial score (nSPS) is 17.2. The average molecular weight is 450 g/mol. The fourth-order valence-electron chi connectivity index (χ4n) is 4.98. The predicted molar refractivity (Wildman–Crippen MR) is 130 cm³/mol. The van der Waals surface area contributed by atoms with Gasteiger partial charge >= 0.3 is 0 Å². The van der Waals surface area contributed by atoms with Crippen LogP contribution in [0, 0.1) is 17.1 Å². The monoisotopic (exact) mass is 449 g/mol. The summed E-state index contributed by atoms with van der Waals surface area (Å²) >= 11 is 0.